The summed E-state index contributed by atoms with van der Waals surface area (Å²) >= 11 is 0. The van der Waals surface area contributed by atoms with Gasteiger partial charge in [-0.25, -0.2) is 4.57 Å². The Morgan fingerprint density at radius 1 is 1.00 bits per heavy atom. The summed E-state index contributed by atoms with van der Waals surface area (Å²) in [5, 5.41) is 12.0. The van der Waals surface area contributed by atoms with Crippen LogP contribution in [0.25, 0.3) is 33.2 Å². The van der Waals surface area contributed by atoms with Gasteiger partial charge in [-0.3, -0.25) is 0 Å². The minimum atomic E-state index is 0.497. The normalized spacial score (nSPS) is 15.1. The summed E-state index contributed by atoms with van der Waals surface area (Å²) in [6.07, 6.45) is 8.27. The van der Waals surface area contributed by atoms with E-state index in [9.17, 15) is 5.26 Å². The number of fused-ring (bicyclic) bond motifs is 3. The van der Waals surface area contributed by atoms with Gasteiger partial charge >= 0.3 is 0 Å². The molecule has 1 saturated carbocycles. The molecule has 0 atom stereocenters. The van der Waals surface area contributed by atoms with E-state index in [-0.39, 0.29) is 0 Å². The highest BCUT2D eigenvalue weighted by Crippen LogP contribution is 2.39. The zero-order chi connectivity index (χ0) is 20.0. The van der Waals surface area contributed by atoms with E-state index in [0.717, 1.165) is 33.2 Å². The predicted octanol–water partition coefficient (Wildman–Crippen LogP) is 6.31. The van der Waals surface area contributed by atoms with Crippen molar-refractivity contribution in [3.05, 3.63) is 65.4 Å². The van der Waals surface area contributed by atoms with Gasteiger partial charge in [0.2, 0.25) is 5.69 Å². The first-order chi connectivity index (χ1) is 14.2. The molecule has 0 saturated heterocycles. The van der Waals surface area contributed by atoms with E-state index in [1.54, 1.807) is 0 Å². The van der Waals surface area contributed by atoms with Crippen LogP contribution in [-0.4, -0.2) is 0 Å². The summed E-state index contributed by atoms with van der Waals surface area (Å²) in [5.74, 6) is 0.497. The van der Waals surface area contributed by atoms with Crippen molar-refractivity contribution < 1.29 is 8.98 Å². The zero-order valence-corrected chi connectivity index (χ0v) is 17.0. The van der Waals surface area contributed by atoms with Crippen molar-refractivity contribution in [2.24, 2.45) is 7.05 Å². The average Bonchev–Trinajstić information content (AvgIpc) is 3.09. The van der Waals surface area contributed by atoms with Crippen LogP contribution in [-0.2, 0) is 7.05 Å². The van der Waals surface area contributed by atoms with Crippen LogP contribution < -0.4 is 4.57 Å². The smallest absolute Gasteiger partial charge is 0.212 e. The van der Waals surface area contributed by atoms with Crippen LogP contribution in [0.2, 0.25) is 0 Å². The van der Waals surface area contributed by atoms with Gasteiger partial charge in [0.05, 0.1) is 17.2 Å². The minimum absolute atomic E-state index is 0.497. The maximum atomic E-state index is 9.76. The number of nitrogens with zero attached hydrogens (tertiary/aromatic N) is 2. The Bertz CT molecular complexity index is 1270. The molecule has 0 radical (unpaired) electrons. The number of rotatable bonds is 2. The molecule has 2 aromatic carbocycles. The van der Waals surface area contributed by atoms with E-state index < -0.39 is 0 Å². The molecule has 0 amide bonds. The standard InChI is InChI=1S/C26H25N2O/c1-17-12-22-23-14-21(18-8-4-3-5-9-18)19(16-27)13-25(23)29-26(22)15-20(17)24-10-6-7-11-28(24)2/h6-7,10-15,18H,3-5,8-9H2,1-2H3/q+1. The van der Waals surface area contributed by atoms with Crippen molar-refractivity contribution in [1.29, 1.82) is 5.26 Å². The third-order valence-corrected chi connectivity index (χ3v) is 6.48. The van der Waals surface area contributed by atoms with Gasteiger partial charge in [-0.2, -0.15) is 5.26 Å². The Balaban J connectivity index is 1.72. The molecule has 29 heavy (non-hydrogen) atoms. The quantitative estimate of drug-likeness (QED) is 0.382. The lowest BCUT2D eigenvalue weighted by Crippen LogP contribution is -2.30. The van der Waals surface area contributed by atoms with Gasteiger partial charge in [-0.05, 0) is 67.1 Å². The molecule has 4 aromatic rings. The fraction of sp³-hybridized carbons (Fsp3) is 0.308. The van der Waals surface area contributed by atoms with E-state index in [2.05, 4.69) is 61.1 Å². The summed E-state index contributed by atoms with van der Waals surface area (Å²) < 4.78 is 8.36. The molecule has 0 N–H and O–H groups in total. The van der Waals surface area contributed by atoms with Crippen molar-refractivity contribution in [2.75, 3.05) is 0 Å². The molecule has 1 fully saturated rings. The lowest BCUT2D eigenvalue weighted by Gasteiger charge is -2.22. The van der Waals surface area contributed by atoms with E-state index in [4.69, 9.17) is 4.42 Å². The Morgan fingerprint density at radius 3 is 2.52 bits per heavy atom. The molecule has 0 spiro atoms. The number of furan rings is 1. The summed E-state index contributed by atoms with van der Waals surface area (Å²) in [6, 6.07) is 17.2. The molecule has 0 unspecified atom stereocenters. The molecular formula is C26H25N2O+. The van der Waals surface area contributed by atoms with Crippen LogP contribution in [0.15, 0.2) is 53.1 Å². The third kappa shape index (κ3) is 3.00. The van der Waals surface area contributed by atoms with Crippen molar-refractivity contribution in [3.8, 4) is 17.3 Å². The van der Waals surface area contributed by atoms with Gasteiger partial charge in [0.1, 0.15) is 18.2 Å². The number of aromatic nitrogens is 1. The first kappa shape index (κ1) is 17.9. The SMILES string of the molecule is Cc1cc2c(cc1-c1cccc[n+]1C)oc1cc(C#N)c(C3CCCCC3)cc12. The number of nitriles is 1. The fourth-order valence-electron chi connectivity index (χ4n) is 4.92. The summed E-state index contributed by atoms with van der Waals surface area (Å²) in [4.78, 5) is 0. The Morgan fingerprint density at radius 2 is 1.76 bits per heavy atom. The first-order valence-electron chi connectivity index (χ1n) is 10.5. The lowest BCUT2D eigenvalue weighted by atomic mass is 9.81. The van der Waals surface area contributed by atoms with Gasteiger partial charge in [-0.1, -0.05) is 19.3 Å². The molecule has 2 heterocycles. The van der Waals surface area contributed by atoms with E-state index in [1.807, 2.05) is 12.1 Å². The lowest BCUT2D eigenvalue weighted by molar-refractivity contribution is -0.660. The highest BCUT2D eigenvalue weighted by Gasteiger charge is 2.22. The van der Waals surface area contributed by atoms with Crippen molar-refractivity contribution in [2.45, 2.75) is 44.9 Å². The predicted molar refractivity (Wildman–Crippen MR) is 116 cm³/mol. The maximum absolute atomic E-state index is 9.76. The van der Waals surface area contributed by atoms with Crippen molar-refractivity contribution >= 4 is 21.9 Å². The number of aryl methyl sites for hydroxylation is 2. The Hall–Kier alpha value is -3.12. The summed E-state index contributed by atoms with van der Waals surface area (Å²) in [7, 11) is 2.06. The van der Waals surface area contributed by atoms with E-state index in [1.165, 1.54) is 48.8 Å². The van der Waals surface area contributed by atoms with Crippen LogP contribution in [0.4, 0.5) is 0 Å². The minimum Gasteiger partial charge on any atom is -0.456 e. The van der Waals surface area contributed by atoms with Crippen molar-refractivity contribution in [1.82, 2.24) is 0 Å². The number of pyridine rings is 1. The molecular weight excluding hydrogens is 356 g/mol. The molecule has 2 aromatic heterocycles. The first-order valence-corrected chi connectivity index (χ1v) is 10.5. The molecule has 3 nitrogen and oxygen atoms in total. The molecule has 3 heteroatoms. The maximum Gasteiger partial charge on any atom is 0.212 e. The van der Waals surface area contributed by atoms with E-state index in [0.29, 0.717) is 5.92 Å². The van der Waals surface area contributed by atoms with Crippen LogP contribution in [0, 0.1) is 18.3 Å². The molecule has 1 aliphatic rings. The fourth-order valence-corrected chi connectivity index (χ4v) is 4.92. The largest absolute Gasteiger partial charge is 0.456 e. The Labute approximate surface area is 171 Å². The molecule has 0 aliphatic heterocycles. The monoisotopic (exact) mass is 381 g/mol. The molecule has 144 valence electrons. The zero-order valence-electron chi connectivity index (χ0n) is 17.0. The van der Waals surface area contributed by atoms with Gasteiger partial charge < -0.3 is 4.42 Å². The molecule has 5 rings (SSSR count). The number of hydrogen-bond acceptors (Lipinski definition) is 2. The third-order valence-electron chi connectivity index (χ3n) is 6.48. The van der Waals surface area contributed by atoms with Gasteiger partial charge in [0, 0.05) is 22.9 Å². The second-order valence-corrected chi connectivity index (χ2v) is 8.34. The summed E-state index contributed by atoms with van der Waals surface area (Å²) in [6.45, 7) is 2.16. The topological polar surface area (TPSA) is 40.8 Å². The number of hydrogen-bond donors (Lipinski definition) is 0. The van der Waals surface area contributed by atoms with Crippen LogP contribution in [0.1, 0.15) is 54.7 Å². The second-order valence-electron chi connectivity index (χ2n) is 8.34. The van der Waals surface area contributed by atoms with Crippen LogP contribution in [0.5, 0.6) is 0 Å². The Kier molecular flexibility index (Phi) is 4.36. The molecule has 1 aliphatic carbocycles. The van der Waals surface area contributed by atoms with Gasteiger partial charge in [0.15, 0.2) is 6.20 Å². The van der Waals surface area contributed by atoms with E-state index >= 15 is 0 Å². The van der Waals surface area contributed by atoms with Crippen LogP contribution in [0.3, 0.4) is 0 Å². The second kappa shape index (κ2) is 7.04. The molecule has 0 bridgehead atoms. The average molecular weight is 381 g/mol. The van der Waals surface area contributed by atoms with Gasteiger partial charge in [-0.15, -0.1) is 0 Å². The van der Waals surface area contributed by atoms with Crippen LogP contribution >= 0.6 is 0 Å². The van der Waals surface area contributed by atoms with Crippen molar-refractivity contribution in [3.63, 3.8) is 0 Å². The van der Waals surface area contributed by atoms with Gasteiger partial charge in [0.25, 0.3) is 0 Å². The highest BCUT2D eigenvalue weighted by atomic mass is 16.3. The highest BCUT2D eigenvalue weighted by molar-refractivity contribution is 6.07. The number of benzene rings is 2. The summed E-state index contributed by atoms with van der Waals surface area (Å²) in [5.41, 5.74) is 7.24.